The van der Waals surface area contributed by atoms with Crippen molar-refractivity contribution in [2.45, 2.75) is 0 Å². The van der Waals surface area contributed by atoms with Crippen LogP contribution in [-0.2, 0) is 0 Å². The molecule has 0 unspecified atom stereocenters. The second-order valence-electron chi connectivity index (χ2n) is 6.84. The molecular formula is C22H22FN5O. The van der Waals surface area contributed by atoms with Crippen LogP contribution >= 0.6 is 0 Å². The molecule has 3 aromatic rings. The van der Waals surface area contributed by atoms with Crippen LogP contribution in [0, 0.1) is 5.82 Å². The molecule has 0 saturated carbocycles. The lowest BCUT2D eigenvalue weighted by Crippen LogP contribution is -2.47. The second-order valence-corrected chi connectivity index (χ2v) is 6.84. The first kappa shape index (κ1) is 18.9. The van der Waals surface area contributed by atoms with Crippen LogP contribution in [0.15, 0.2) is 61.2 Å². The van der Waals surface area contributed by atoms with Gasteiger partial charge in [0, 0.05) is 43.5 Å². The molecule has 29 heavy (non-hydrogen) atoms. The van der Waals surface area contributed by atoms with Crippen LogP contribution in [0.5, 0.6) is 0 Å². The molecule has 1 N–H and O–H groups in total. The lowest BCUT2D eigenvalue weighted by molar-refractivity contribution is 0.0954. The zero-order valence-corrected chi connectivity index (χ0v) is 16.0. The zero-order valence-electron chi connectivity index (χ0n) is 16.0. The maximum Gasteiger partial charge on any atom is 0.272 e. The average molecular weight is 391 g/mol. The summed E-state index contributed by atoms with van der Waals surface area (Å²) in [5, 5.41) is 13.0. The molecule has 7 heteroatoms. The number of nitrogens with zero attached hydrogens (tertiary/aromatic N) is 4. The van der Waals surface area contributed by atoms with Gasteiger partial charge in [-0.05, 0) is 12.1 Å². The smallest absolute Gasteiger partial charge is 0.272 e. The van der Waals surface area contributed by atoms with E-state index in [2.05, 4.69) is 27.0 Å². The second kappa shape index (κ2) is 8.26. The fourth-order valence-corrected chi connectivity index (χ4v) is 3.61. The molecule has 148 valence electrons. The molecule has 1 aliphatic rings. The van der Waals surface area contributed by atoms with E-state index in [1.54, 1.807) is 18.2 Å². The maximum absolute atomic E-state index is 14.1. The van der Waals surface area contributed by atoms with Gasteiger partial charge in [-0.15, -0.1) is 16.8 Å². The summed E-state index contributed by atoms with van der Waals surface area (Å²) >= 11 is 0. The molecule has 2 aromatic carbocycles. The molecule has 0 atom stereocenters. The number of aromatic nitrogens is 2. The van der Waals surface area contributed by atoms with E-state index in [0.29, 0.717) is 44.1 Å². The van der Waals surface area contributed by atoms with Crippen molar-refractivity contribution in [2.24, 2.45) is 0 Å². The van der Waals surface area contributed by atoms with Crippen molar-refractivity contribution in [1.82, 2.24) is 15.5 Å². The highest BCUT2D eigenvalue weighted by Gasteiger charge is 2.23. The number of carbonyl (C=O) groups excluding carboxylic acids is 1. The zero-order chi connectivity index (χ0) is 20.2. The number of halogens is 1. The standard InChI is InChI=1S/C22H22FN5O/c1-2-11-24-22(29)20-16-7-3-4-8-17(16)21(26-25-20)28-14-12-27(13-15-28)19-10-6-5-9-18(19)23/h2-10H,1,11-15H2,(H,24,29). The van der Waals surface area contributed by atoms with Gasteiger partial charge in [0.1, 0.15) is 5.82 Å². The molecule has 1 fully saturated rings. The van der Waals surface area contributed by atoms with E-state index in [9.17, 15) is 9.18 Å². The summed E-state index contributed by atoms with van der Waals surface area (Å²) in [7, 11) is 0. The minimum absolute atomic E-state index is 0.207. The lowest BCUT2D eigenvalue weighted by atomic mass is 10.1. The molecule has 0 spiro atoms. The first-order chi connectivity index (χ1) is 14.2. The highest BCUT2D eigenvalue weighted by atomic mass is 19.1. The Kier molecular flexibility index (Phi) is 5.37. The Labute approximate surface area is 168 Å². The van der Waals surface area contributed by atoms with Gasteiger partial charge >= 0.3 is 0 Å². The molecule has 1 aromatic heterocycles. The first-order valence-corrected chi connectivity index (χ1v) is 9.58. The predicted octanol–water partition coefficient (Wildman–Crippen LogP) is 3.01. The van der Waals surface area contributed by atoms with Crippen molar-refractivity contribution < 1.29 is 9.18 Å². The topological polar surface area (TPSA) is 61.4 Å². The van der Waals surface area contributed by atoms with Gasteiger partial charge in [-0.25, -0.2) is 4.39 Å². The summed E-state index contributed by atoms with van der Waals surface area (Å²) in [6, 6.07) is 14.5. The van der Waals surface area contributed by atoms with Crippen LogP contribution in [0.4, 0.5) is 15.9 Å². The van der Waals surface area contributed by atoms with E-state index >= 15 is 0 Å². The fraction of sp³-hybridized carbons (Fsp3) is 0.227. The van der Waals surface area contributed by atoms with E-state index in [0.717, 1.165) is 16.6 Å². The third kappa shape index (κ3) is 3.76. The number of benzene rings is 2. The number of fused-ring (bicyclic) bond motifs is 1. The summed E-state index contributed by atoms with van der Waals surface area (Å²) in [5.41, 5.74) is 0.925. The first-order valence-electron chi connectivity index (χ1n) is 9.58. The van der Waals surface area contributed by atoms with Crippen molar-refractivity contribution in [3.8, 4) is 0 Å². The van der Waals surface area contributed by atoms with Gasteiger partial charge in [-0.1, -0.05) is 42.5 Å². The summed E-state index contributed by atoms with van der Waals surface area (Å²) in [6.45, 7) is 6.72. The molecule has 1 amide bonds. The molecule has 4 rings (SSSR count). The largest absolute Gasteiger partial charge is 0.366 e. The van der Waals surface area contributed by atoms with Gasteiger partial charge in [-0.3, -0.25) is 4.79 Å². The number of rotatable bonds is 5. The van der Waals surface area contributed by atoms with Crippen LogP contribution in [0.1, 0.15) is 10.5 Å². The summed E-state index contributed by atoms with van der Waals surface area (Å²) in [5.74, 6) is 0.264. The number of anilines is 2. The number of carbonyl (C=O) groups is 1. The van der Waals surface area contributed by atoms with Gasteiger partial charge in [0.25, 0.3) is 5.91 Å². The average Bonchev–Trinajstić information content (AvgIpc) is 2.77. The van der Waals surface area contributed by atoms with E-state index < -0.39 is 0 Å². The van der Waals surface area contributed by atoms with Gasteiger partial charge in [0.2, 0.25) is 0 Å². The summed E-state index contributed by atoms with van der Waals surface area (Å²) in [6.07, 6.45) is 1.62. The van der Waals surface area contributed by atoms with Crippen molar-refractivity contribution in [3.05, 3.63) is 72.7 Å². The minimum Gasteiger partial charge on any atom is -0.366 e. The molecule has 1 aliphatic heterocycles. The Morgan fingerprint density at radius 1 is 1.00 bits per heavy atom. The van der Waals surface area contributed by atoms with E-state index in [4.69, 9.17) is 0 Å². The summed E-state index contributed by atoms with van der Waals surface area (Å²) < 4.78 is 14.1. The van der Waals surface area contributed by atoms with E-state index in [1.807, 2.05) is 35.2 Å². The van der Waals surface area contributed by atoms with Crippen LogP contribution in [0.3, 0.4) is 0 Å². The Morgan fingerprint density at radius 2 is 1.66 bits per heavy atom. The molecule has 6 nitrogen and oxygen atoms in total. The summed E-state index contributed by atoms with van der Waals surface area (Å²) in [4.78, 5) is 16.6. The van der Waals surface area contributed by atoms with E-state index in [1.165, 1.54) is 6.07 Å². The normalized spacial score (nSPS) is 14.1. The van der Waals surface area contributed by atoms with Crippen LogP contribution in [-0.4, -0.2) is 48.8 Å². The number of amides is 1. The van der Waals surface area contributed by atoms with Gasteiger partial charge in [0.05, 0.1) is 5.69 Å². The molecule has 1 saturated heterocycles. The van der Waals surface area contributed by atoms with Crippen LogP contribution in [0.25, 0.3) is 10.8 Å². The monoisotopic (exact) mass is 391 g/mol. The Balaban J connectivity index is 1.58. The number of hydrogen-bond acceptors (Lipinski definition) is 5. The lowest BCUT2D eigenvalue weighted by Gasteiger charge is -2.37. The van der Waals surface area contributed by atoms with Crippen LogP contribution in [0.2, 0.25) is 0 Å². The number of piperazine rings is 1. The van der Waals surface area contributed by atoms with Crippen molar-refractivity contribution in [2.75, 3.05) is 42.5 Å². The van der Waals surface area contributed by atoms with Gasteiger partial charge < -0.3 is 15.1 Å². The Hall–Kier alpha value is -3.48. The van der Waals surface area contributed by atoms with E-state index in [-0.39, 0.29) is 11.7 Å². The highest BCUT2D eigenvalue weighted by Crippen LogP contribution is 2.28. The maximum atomic E-state index is 14.1. The van der Waals surface area contributed by atoms with Crippen LogP contribution < -0.4 is 15.1 Å². The Morgan fingerprint density at radius 3 is 2.38 bits per heavy atom. The number of hydrogen-bond donors (Lipinski definition) is 1. The number of nitrogens with one attached hydrogen (secondary N) is 1. The molecule has 0 radical (unpaired) electrons. The van der Waals surface area contributed by atoms with Gasteiger partial charge in [0.15, 0.2) is 11.5 Å². The third-order valence-electron chi connectivity index (χ3n) is 5.06. The quantitative estimate of drug-likeness (QED) is 0.678. The van der Waals surface area contributed by atoms with Gasteiger partial charge in [-0.2, -0.15) is 0 Å². The molecular weight excluding hydrogens is 369 g/mol. The molecule has 0 bridgehead atoms. The van der Waals surface area contributed by atoms with Crippen molar-refractivity contribution in [1.29, 1.82) is 0 Å². The minimum atomic E-state index is -0.274. The third-order valence-corrected chi connectivity index (χ3v) is 5.06. The van der Waals surface area contributed by atoms with Crippen molar-refractivity contribution >= 4 is 28.2 Å². The SMILES string of the molecule is C=CCNC(=O)c1nnc(N2CCN(c3ccccc3F)CC2)c2ccccc12. The molecule has 0 aliphatic carbocycles. The van der Waals surface area contributed by atoms with Crippen molar-refractivity contribution in [3.63, 3.8) is 0 Å². The highest BCUT2D eigenvalue weighted by molar-refractivity contribution is 6.07. The fourth-order valence-electron chi connectivity index (χ4n) is 3.61. The predicted molar refractivity (Wildman–Crippen MR) is 113 cm³/mol. The number of para-hydroxylation sites is 1. The Bertz CT molecular complexity index is 1050. The molecule has 2 heterocycles.